The monoisotopic (exact) mass is 287 g/mol. The molecule has 0 aliphatic rings. The fraction of sp³-hybridized carbons (Fsp3) is 0.188. The zero-order valence-electron chi connectivity index (χ0n) is 11.2. The third-order valence-corrected chi connectivity index (χ3v) is 3.76. The summed E-state index contributed by atoms with van der Waals surface area (Å²) < 4.78 is 0. The molecule has 0 heterocycles. The topological polar surface area (TPSA) is 49.3 Å². The molecule has 0 aliphatic carbocycles. The smallest absolute Gasteiger partial charge is 0.234 e. The molecule has 0 aromatic heterocycles. The lowest BCUT2D eigenvalue weighted by Gasteiger charge is -2.08. The Balaban J connectivity index is 1.89. The zero-order valence-corrected chi connectivity index (χ0v) is 12.1. The molecule has 0 aliphatic heterocycles. The number of aliphatic hydroxyl groups excluding tert-OH is 1. The Kier molecular flexibility index (Phi) is 5.21. The summed E-state index contributed by atoms with van der Waals surface area (Å²) in [6, 6.07) is 17.0. The van der Waals surface area contributed by atoms with E-state index in [-0.39, 0.29) is 5.91 Å². The molecular formula is C16H17NO2S. The predicted octanol–water partition coefficient (Wildman–Crippen LogP) is 3.47. The number of anilines is 1. The molecule has 3 nitrogen and oxygen atoms in total. The number of carbonyl (C=O) groups excluding carboxylic acids is 1. The Morgan fingerprint density at radius 2 is 1.95 bits per heavy atom. The molecule has 0 saturated carbocycles. The second-order valence-electron chi connectivity index (χ2n) is 4.45. The van der Waals surface area contributed by atoms with Crippen LogP contribution in [0.5, 0.6) is 0 Å². The van der Waals surface area contributed by atoms with E-state index in [9.17, 15) is 9.90 Å². The van der Waals surface area contributed by atoms with Crippen molar-refractivity contribution < 1.29 is 9.90 Å². The number of aliphatic hydroxyl groups is 1. The molecule has 1 atom stereocenters. The van der Waals surface area contributed by atoms with Gasteiger partial charge >= 0.3 is 0 Å². The SMILES string of the molecule is CC(O)c1cccc(SCC(=O)Nc2ccccc2)c1. The van der Waals surface area contributed by atoms with Crippen LogP contribution in [0.2, 0.25) is 0 Å². The number of benzene rings is 2. The molecule has 104 valence electrons. The van der Waals surface area contributed by atoms with Crippen molar-refractivity contribution >= 4 is 23.4 Å². The zero-order chi connectivity index (χ0) is 14.4. The number of hydrogen-bond acceptors (Lipinski definition) is 3. The molecule has 1 amide bonds. The number of amides is 1. The van der Waals surface area contributed by atoms with Crippen molar-refractivity contribution in [2.45, 2.75) is 17.9 Å². The van der Waals surface area contributed by atoms with Gasteiger partial charge in [-0.3, -0.25) is 4.79 Å². The van der Waals surface area contributed by atoms with Gasteiger partial charge in [0.1, 0.15) is 0 Å². The van der Waals surface area contributed by atoms with Crippen molar-refractivity contribution in [3.63, 3.8) is 0 Å². The fourth-order valence-electron chi connectivity index (χ4n) is 1.73. The first-order chi connectivity index (χ1) is 9.65. The minimum absolute atomic E-state index is 0.0383. The van der Waals surface area contributed by atoms with Gasteiger partial charge in [0.05, 0.1) is 11.9 Å². The van der Waals surface area contributed by atoms with Gasteiger partial charge in [0.15, 0.2) is 0 Å². The minimum atomic E-state index is -0.492. The molecule has 4 heteroatoms. The first-order valence-corrected chi connectivity index (χ1v) is 7.39. The van der Waals surface area contributed by atoms with Crippen LogP contribution in [0.4, 0.5) is 5.69 Å². The predicted molar refractivity (Wildman–Crippen MR) is 82.9 cm³/mol. The molecule has 2 rings (SSSR count). The average Bonchev–Trinajstić information content (AvgIpc) is 2.46. The molecular weight excluding hydrogens is 270 g/mol. The summed E-state index contributed by atoms with van der Waals surface area (Å²) in [4.78, 5) is 12.8. The summed E-state index contributed by atoms with van der Waals surface area (Å²) in [5.74, 6) is 0.307. The molecule has 1 unspecified atom stereocenters. The summed E-state index contributed by atoms with van der Waals surface area (Å²) >= 11 is 1.46. The molecule has 20 heavy (non-hydrogen) atoms. The van der Waals surface area contributed by atoms with Crippen LogP contribution in [0.3, 0.4) is 0 Å². The summed E-state index contributed by atoms with van der Waals surface area (Å²) in [6.45, 7) is 1.73. The van der Waals surface area contributed by atoms with Crippen molar-refractivity contribution in [1.82, 2.24) is 0 Å². The van der Waals surface area contributed by atoms with Gasteiger partial charge in [0, 0.05) is 10.6 Å². The van der Waals surface area contributed by atoms with Crippen molar-refractivity contribution in [2.24, 2.45) is 0 Å². The lowest BCUT2D eigenvalue weighted by atomic mass is 10.1. The second-order valence-corrected chi connectivity index (χ2v) is 5.50. The Bertz CT molecular complexity index is 570. The highest BCUT2D eigenvalue weighted by molar-refractivity contribution is 8.00. The van der Waals surface area contributed by atoms with Gasteiger partial charge in [-0.1, -0.05) is 30.3 Å². The standard InChI is InChI=1S/C16H17NO2S/c1-12(18)13-6-5-9-15(10-13)20-11-16(19)17-14-7-3-2-4-8-14/h2-10,12,18H,11H2,1H3,(H,17,19). The maximum atomic E-state index is 11.8. The molecule has 0 saturated heterocycles. The van der Waals surface area contributed by atoms with Crippen LogP contribution >= 0.6 is 11.8 Å². The Hall–Kier alpha value is -1.78. The van der Waals surface area contributed by atoms with E-state index in [2.05, 4.69) is 5.32 Å². The summed E-state index contributed by atoms with van der Waals surface area (Å²) in [5.41, 5.74) is 1.66. The fourth-order valence-corrected chi connectivity index (χ4v) is 2.50. The van der Waals surface area contributed by atoms with Crippen molar-refractivity contribution in [1.29, 1.82) is 0 Å². The van der Waals surface area contributed by atoms with Gasteiger partial charge in [-0.2, -0.15) is 0 Å². The summed E-state index contributed by atoms with van der Waals surface area (Å²) in [6.07, 6.45) is -0.492. The number of thioether (sulfide) groups is 1. The highest BCUT2D eigenvalue weighted by Gasteiger charge is 2.05. The Labute approximate surface area is 123 Å². The first kappa shape index (κ1) is 14.6. The summed E-state index contributed by atoms with van der Waals surface area (Å²) in [5, 5.41) is 12.4. The normalized spacial score (nSPS) is 11.9. The highest BCUT2D eigenvalue weighted by atomic mass is 32.2. The van der Waals surface area contributed by atoms with Gasteiger partial charge in [-0.25, -0.2) is 0 Å². The molecule has 0 bridgehead atoms. The van der Waals surface area contributed by atoms with E-state index in [1.807, 2.05) is 54.6 Å². The van der Waals surface area contributed by atoms with Crippen LogP contribution in [0.1, 0.15) is 18.6 Å². The Morgan fingerprint density at radius 1 is 1.20 bits per heavy atom. The van der Waals surface area contributed by atoms with E-state index >= 15 is 0 Å². The largest absolute Gasteiger partial charge is 0.389 e. The molecule has 0 radical (unpaired) electrons. The maximum absolute atomic E-state index is 11.8. The lowest BCUT2D eigenvalue weighted by molar-refractivity contribution is -0.113. The lowest BCUT2D eigenvalue weighted by Crippen LogP contribution is -2.13. The van der Waals surface area contributed by atoms with Gasteiger partial charge in [0.2, 0.25) is 5.91 Å². The minimum Gasteiger partial charge on any atom is -0.389 e. The molecule has 2 aromatic carbocycles. The molecule has 2 N–H and O–H groups in total. The van der Waals surface area contributed by atoms with Gasteiger partial charge in [-0.15, -0.1) is 11.8 Å². The van der Waals surface area contributed by atoms with E-state index in [1.54, 1.807) is 6.92 Å². The van der Waals surface area contributed by atoms with E-state index < -0.39 is 6.10 Å². The third kappa shape index (κ3) is 4.40. The van der Waals surface area contributed by atoms with Crippen molar-refractivity contribution in [2.75, 3.05) is 11.1 Å². The number of rotatable bonds is 5. The Morgan fingerprint density at radius 3 is 2.65 bits per heavy atom. The second kappa shape index (κ2) is 7.12. The molecule has 2 aromatic rings. The first-order valence-electron chi connectivity index (χ1n) is 6.41. The molecule has 0 fully saturated rings. The van der Waals surface area contributed by atoms with Gasteiger partial charge < -0.3 is 10.4 Å². The number of nitrogens with one attached hydrogen (secondary N) is 1. The van der Waals surface area contributed by atoms with Gasteiger partial charge in [-0.05, 0) is 36.8 Å². The van der Waals surface area contributed by atoms with E-state index in [4.69, 9.17) is 0 Å². The van der Waals surface area contributed by atoms with Crippen LogP contribution in [0, 0.1) is 0 Å². The maximum Gasteiger partial charge on any atom is 0.234 e. The van der Waals surface area contributed by atoms with E-state index in [1.165, 1.54) is 11.8 Å². The average molecular weight is 287 g/mol. The van der Waals surface area contributed by atoms with Crippen LogP contribution in [-0.4, -0.2) is 16.8 Å². The van der Waals surface area contributed by atoms with Crippen LogP contribution in [0.25, 0.3) is 0 Å². The van der Waals surface area contributed by atoms with Crippen molar-refractivity contribution in [3.05, 3.63) is 60.2 Å². The number of hydrogen-bond donors (Lipinski definition) is 2. The van der Waals surface area contributed by atoms with Gasteiger partial charge in [0.25, 0.3) is 0 Å². The number of para-hydroxylation sites is 1. The third-order valence-electron chi connectivity index (χ3n) is 2.77. The van der Waals surface area contributed by atoms with E-state index in [0.717, 1.165) is 16.1 Å². The number of carbonyl (C=O) groups is 1. The highest BCUT2D eigenvalue weighted by Crippen LogP contribution is 2.22. The molecule has 0 spiro atoms. The quantitative estimate of drug-likeness (QED) is 0.828. The van der Waals surface area contributed by atoms with Crippen LogP contribution in [0.15, 0.2) is 59.5 Å². The summed E-state index contributed by atoms with van der Waals surface area (Å²) in [7, 11) is 0. The van der Waals surface area contributed by atoms with E-state index in [0.29, 0.717) is 5.75 Å². The van der Waals surface area contributed by atoms with Crippen LogP contribution < -0.4 is 5.32 Å². The van der Waals surface area contributed by atoms with Crippen LogP contribution in [-0.2, 0) is 4.79 Å². The van der Waals surface area contributed by atoms with Crippen molar-refractivity contribution in [3.8, 4) is 0 Å².